The molecule has 1 aromatic carbocycles. The zero-order chi connectivity index (χ0) is 13.9. The van der Waals surface area contributed by atoms with Crippen LogP contribution in [0.25, 0.3) is 0 Å². The molecule has 1 aromatic rings. The lowest BCUT2D eigenvalue weighted by atomic mass is 9.92. The van der Waals surface area contributed by atoms with E-state index in [2.05, 4.69) is 0 Å². The van der Waals surface area contributed by atoms with Crippen LogP contribution < -0.4 is 4.74 Å². The molecule has 0 amide bonds. The summed E-state index contributed by atoms with van der Waals surface area (Å²) in [5.74, 6) is -2.04. The highest BCUT2D eigenvalue weighted by Gasteiger charge is 2.28. The Morgan fingerprint density at radius 3 is 2.39 bits per heavy atom. The zero-order valence-electron chi connectivity index (χ0n) is 11.1. The first-order valence-electron chi connectivity index (χ1n) is 5.84. The number of methoxy groups -OCH3 is 1. The first-order valence-corrected chi connectivity index (χ1v) is 5.84. The van der Waals surface area contributed by atoms with Crippen LogP contribution in [-0.2, 0) is 4.79 Å². The van der Waals surface area contributed by atoms with Crippen LogP contribution in [0.3, 0.4) is 0 Å². The van der Waals surface area contributed by atoms with Crippen molar-refractivity contribution in [2.24, 2.45) is 5.92 Å². The van der Waals surface area contributed by atoms with Crippen LogP contribution in [0.1, 0.15) is 34.8 Å². The number of Topliss-reactive ketones (excluding diaryl/α,β-unsaturated/α-hetero) is 1. The molecule has 0 aliphatic rings. The fourth-order valence-corrected chi connectivity index (χ4v) is 2.07. The third kappa shape index (κ3) is 2.70. The van der Waals surface area contributed by atoms with Crippen LogP contribution in [0.2, 0.25) is 0 Å². The van der Waals surface area contributed by atoms with E-state index in [-0.39, 0.29) is 6.42 Å². The van der Waals surface area contributed by atoms with Gasteiger partial charge in [-0.3, -0.25) is 9.59 Å². The number of aliphatic carboxylic acids is 1. The Kier molecular flexibility index (Phi) is 4.48. The molecule has 0 spiro atoms. The van der Waals surface area contributed by atoms with Gasteiger partial charge in [0.2, 0.25) is 0 Å². The minimum absolute atomic E-state index is 0.268. The van der Waals surface area contributed by atoms with E-state index < -0.39 is 17.7 Å². The fraction of sp³-hybridized carbons (Fsp3) is 0.429. The van der Waals surface area contributed by atoms with Gasteiger partial charge >= 0.3 is 5.97 Å². The van der Waals surface area contributed by atoms with Crippen molar-refractivity contribution in [3.63, 3.8) is 0 Å². The highest BCUT2D eigenvalue weighted by Crippen LogP contribution is 2.28. The van der Waals surface area contributed by atoms with Crippen molar-refractivity contribution in [3.05, 3.63) is 28.8 Å². The number of carbonyl (C=O) groups is 2. The molecule has 0 radical (unpaired) electrons. The molecule has 0 heterocycles. The lowest BCUT2D eigenvalue weighted by molar-refractivity contribution is -0.140. The number of benzene rings is 1. The van der Waals surface area contributed by atoms with Crippen molar-refractivity contribution < 1.29 is 19.4 Å². The summed E-state index contributed by atoms with van der Waals surface area (Å²) in [5, 5.41) is 9.05. The average molecular weight is 250 g/mol. The molecule has 4 heteroatoms. The van der Waals surface area contributed by atoms with Gasteiger partial charge in [-0.05, 0) is 37.5 Å². The van der Waals surface area contributed by atoms with Gasteiger partial charge in [-0.1, -0.05) is 13.0 Å². The fourth-order valence-electron chi connectivity index (χ4n) is 2.07. The third-order valence-electron chi connectivity index (χ3n) is 2.91. The Morgan fingerprint density at radius 1 is 1.33 bits per heavy atom. The number of ether oxygens (including phenoxy) is 1. The second-order valence-electron chi connectivity index (χ2n) is 4.33. The number of carboxylic acid groups (broad SMARTS) is 1. The maximum atomic E-state index is 12.2. The second kappa shape index (κ2) is 5.67. The number of rotatable bonds is 5. The van der Waals surface area contributed by atoms with E-state index in [9.17, 15) is 9.59 Å². The van der Waals surface area contributed by atoms with E-state index in [0.29, 0.717) is 11.3 Å². The monoisotopic (exact) mass is 250 g/mol. The van der Waals surface area contributed by atoms with E-state index >= 15 is 0 Å². The SMILES string of the molecule is CCC(C(=O)O)C(=O)c1cc(C)cc(C)c1OC. The van der Waals surface area contributed by atoms with Crippen molar-refractivity contribution in [1.29, 1.82) is 0 Å². The van der Waals surface area contributed by atoms with Gasteiger partial charge in [0.1, 0.15) is 11.7 Å². The molecule has 1 atom stereocenters. The van der Waals surface area contributed by atoms with Gasteiger partial charge in [0.25, 0.3) is 0 Å². The van der Waals surface area contributed by atoms with Gasteiger partial charge in [-0.15, -0.1) is 0 Å². The van der Waals surface area contributed by atoms with E-state index in [1.165, 1.54) is 7.11 Å². The zero-order valence-corrected chi connectivity index (χ0v) is 11.1. The highest BCUT2D eigenvalue weighted by atomic mass is 16.5. The lowest BCUT2D eigenvalue weighted by Crippen LogP contribution is -2.23. The lowest BCUT2D eigenvalue weighted by Gasteiger charge is -2.15. The van der Waals surface area contributed by atoms with Gasteiger partial charge < -0.3 is 9.84 Å². The summed E-state index contributed by atoms with van der Waals surface area (Å²) in [6, 6.07) is 3.58. The molecular formula is C14H18O4. The highest BCUT2D eigenvalue weighted by molar-refractivity contribution is 6.09. The summed E-state index contributed by atoms with van der Waals surface area (Å²) < 4.78 is 5.21. The van der Waals surface area contributed by atoms with Gasteiger partial charge in [-0.2, -0.15) is 0 Å². The quantitative estimate of drug-likeness (QED) is 0.644. The van der Waals surface area contributed by atoms with E-state index in [0.717, 1.165) is 11.1 Å². The first kappa shape index (κ1) is 14.2. The molecule has 4 nitrogen and oxygen atoms in total. The standard InChI is InChI=1S/C14H18O4/c1-5-10(14(16)17)12(15)11-7-8(2)6-9(3)13(11)18-4/h6-7,10H,5H2,1-4H3,(H,16,17). The Bertz CT molecular complexity index is 477. The van der Waals surface area contributed by atoms with Gasteiger partial charge in [0, 0.05) is 0 Å². The summed E-state index contributed by atoms with van der Waals surface area (Å²) in [5.41, 5.74) is 2.10. The van der Waals surface area contributed by atoms with Crippen LogP contribution in [0.4, 0.5) is 0 Å². The minimum Gasteiger partial charge on any atom is -0.496 e. The molecule has 1 rings (SSSR count). The summed E-state index contributed by atoms with van der Waals surface area (Å²) in [4.78, 5) is 23.3. The topological polar surface area (TPSA) is 63.6 Å². The van der Waals surface area contributed by atoms with Crippen molar-refractivity contribution in [2.75, 3.05) is 7.11 Å². The molecule has 0 saturated heterocycles. The Balaban J connectivity index is 3.31. The van der Waals surface area contributed by atoms with E-state index in [1.807, 2.05) is 19.9 Å². The number of ketones is 1. The smallest absolute Gasteiger partial charge is 0.314 e. The molecular weight excluding hydrogens is 232 g/mol. The number of hydrogen-bond donors (Lipinski definition) is 1. The molecule has 0 saturated carbocycles. The summed E-state index contributed by atoms with van der Waals surface area (Å²) in [7, 11) is 1.48. The van der Waals surface area contributed by atoms with Gasteiger partial charge in [-0.25, -0.2) is 0 Å². The predicted molar refractivity (Wildman–Crippen MR) is 68.2 cm³/mol. The Labute approximate surface area is 107 Å². The average Bonchev–Trinajstić information content (AvgIpc) is 2.28. The van der Waals surface area contributed by atoms with Crippen LogP contribution in [0, 0.1) is 19.8 Å². The van der Waals surface area contributed by atoms with Crippen LogP contribution in [-0.4, -0.2) is 24.0 Å². The normalized spacial score (nSPS) is 12.0. The molecule has 1 N–H and O–H groups in total. The second-order valence-corrected chi connectivity index (χ2v) is 4.33. The Hall–Kier alpha value is -1.84. The maximum Gasteiger partial charge on any atom is 0.314 e. The van der Waals surface area contributed by atoms with Crippen molar-refractivity contribution >= 4 is 11.8 Å². The van der Waals surface area contributed by atoms with Crippen molar-refractivity contribution in [1.82, 2.24) is 0 Å². The third-order valence-corrected chi connectivity index (χ3v) is 2.91. The van der Waals surface area contributed by atoms with E-state index in [4.69, 9.17) is 9.84 Å². The number of carbonyl (C=O) groups excluding carboxylic acids is 1. The number of carboxylic acids is 1. The van der Waals surface area contributed by atoms with Crippen molar-refractivity contribution in [3.8, 4) is 5.75 Å². The molecule has 0 fully saturated rings. The molecule has 0 aliphatic carbocycles. The first-order chi connectivity index (χ1) is 8.42. The predicted octanol–water partition coefficient (Wildman–Crippen LogP) is 2.61. The molecule has 0 aliphatic heterocycles. The number of aryl methyl sites for hydroxylation is 2. The summed E-state index contributed by atoms with van der Waals surface area (Å²) >= 11 is 0. The molecule has 1 unspecified atom stereocenters. The Morgan fingerprint density at radius 2 is 1.94 bits per heavy atom. The van der Waals surface area contributed by atoms with Crippen LogP contribution in [0.5, 0.6) is 5.75 Å². The van der Waals surface area contributed by atoms with Crippen LogP contribution >= 0.6 is 0 Å². The van der Waals surface area contributed by atoms with Gasteiger partial charge in [0.05, 0.1) is 12.7 Å². The summed E-state index contributed by atoms with van der Waals surface area (Å²) in [6.07, 6.45) is 0.268. The van der Waals surface area contributed by atoms with Crippen LogP contribution in [0.15, 0.2) is 12.1 Å². The molecule has 0 aromatic heterocycles. The molecule has 0 bridgehead atoms. The molecule has 98 valence electrons. The van der Waals surface area contributed by atoms with Gasteiger partial charge in [0.15, 0.2) is 5.78 Å². The van der Waals surface area contributed by atoms with Crippen molar-refractivity contribution in [2.45, 2.75) is 27.2 Å². The largest absolute Gasteiger partial charge is 0.496 e. The van der Waals surface area contributed by atoms with E-state index in [1.54, 1.807) is 13.0 Å². The maximum absolute atomic E-state index is 12.2. The number of hydrogen-bond acceptors (Lipinski definition) is 3. The minimum atomic E-state index is -1.09. The summed E-state index contributed by atoms with van der Waals surface area (Å²) in [6.45, 7) is 5.39. The molecule has 18 heavy (non-hydrogen) atoms.